The van der Waals surface area contributed by atoms with Gasteiger partial charge in [0, 0.05) is 12.1 Å². The van der Waals surface area contributed by atoms with Crippen molar-refractivity contribution in [3.05, 3.63) is 83.0 Å². The van der Waals surface area contributed by atoms with Crippen molar-refractivity contribution in [2.75, 3.05) is 11.9 Å². The van der Waals surface area contributed by atoms with Gasteiger partial charge in [0.1, 0.15) is 0 Å². The number of anilines is 1. The number of nitrogens with one attached hydrogen (secondary N) is 3. The van der Waals surface area contributed by atoms with Crippen LogP contribution in [0.4, 0.5) is 5.82 Å². The zero-order chi connectivity index (χ0) is 17.1. The minimum atomic E-state index is -0.364. The van der Waals surface area contributed by atoms with Crippen LogP contribution < -0.4 is 10.6 Å². The van der Waals surface area contributed by atoms with Crippen LogP contribution in [0.5, 0.6) is 0 Å². The Morgan fingerprint density at radius 2 is 1.64 bits per heavy atom. The number of fused-ring (bicyclic) bond motifs is 1. The summed E-state index contributed by atoms with van der Waals surface area (Å²) in [6, 6.07) is 19.7. The molecule has 0 saturated heterocycles. The lowest BCUT2D eigenvalue weighted by molar-refractivity contribution is -0.116. The highest BCUT2D eigenvalue weighted by atomic mass is 16.2. The number of amides is 1. The predicted octanol–water partition coefficient (Wildman–Crippen LogP) is 2.83. The molecule has 5 nitrogen and oxygen atoms in total. The molecule has 1 aromatic heterocycles. The normalized spacial score (nSPS) is 13.5. The van der Waals surface area contributed by atoms with Crippen molar-refractivity contribution in [1.29, 1.82) is 0 Å². The Labute approximate surface area is 146 Å². The fourth-order valence-corrected chi connectivity index (χ4v) is 3.32. The molecule has 0 spiro atoms. The minimum absolute atomic E-state index is 0.0646. The number of carbonyl (C=O) groups excluding carboxylic acids is 1. The summed E-state index contributed by atoms with van der Waals surface area (Å²) >= 11 is 0. The van der Waals surface area contributed by atoms with E-state index in [1.807, 2.05) is 60.7 Å². The first-order chi connectivity index (χ1) is 12.3. The molecule has 2 aromatic carbocycles. The first kappa shape index (κ1) is 15.6. The molecule has 4 rings (SSSR count). The SMILES string of the molecule is O=C(Nc1n[nH]c2c1CCNC2)C(c1ccccc1)c1ccccc1. The van der Waals surface area contributed by atoms with E-state index in [4.69, 9.17) is 0 Å². The molecule has 1 aliphatic rings. The van der Waals surface area contributed by atoms with E-state index in [0.29, 0.717) is 5.82 Å². The Kier molecular flexibility index (Phi) is 4.31. The van der Waals surface area contributed by atoms with Crippen LogP contribution in [0.3, 0.4) is 0 Å². The fraction of sp³-hybridized carbons (Fsp3) is 0.200. The van der Waals surface area contributed by atoms with Crippen LogP contribution in [0.25, 0.3) is 0 Å². The van der Waals surface area contributed by atoms with Crippen molar-refractivity contribution in [2.45, 2.75) is 18.9 Å². The van der Waals surface area contributed by atoms with Crippen LogP contribution in [0.2, 0.25) is 0 Å². The largest absolute Gasteiger partial charge is 0.311 e. The van der Waals surface area contributed by atoms with Gasteiger partial charge in [-0.2, -0.15) is 5.10 Å². The van der Waals surface area contributed by atoms with Gasteiger partial charge in [0.15, 0.2) is 5.82 Å². The second-order valence-corrected chi connectivity index (χ2v) is 6.20. The molecule has 5 heteroatoms. The van der Waals surface area contributed by atoms with Gasteiger partial charge in [-0.1, -0.05) is 60.7 Å². The Hall–Kier alpha value is -2.92. The van der Waals surface area contributed by atoms with Crippen molar-refractivity contribution in [3.63, 3.8) is 0 Å². The maximum absolute atomic E-state index is 13.1. The maximum Gasteiger partial charge on any atom is 0.237 e. The summed E-state index contributed by atoms with van der Waals surface area (Å²) < 4.78 is 0. The van der Waals surface area contributed by atoms with Gasteiger partial charge in [-0.15, -0.1) is 0 Å². The molecule has 0 unspecified atom stereocenters. The average molecular weight is 332 g/mol. The third-order valence-corrected chi connectivity index (χ3v) is 4.58. The van der Waals surface area contributed by atoms with Gasteiger partial charge in [-0.05, 0) is 24.1 Å². The Bertz CT molecular complexity index is 818. The number of rotatable bonds is 4. The van der Waals surface area contributed by atoms with E-state index >= 15 is 0 Å². The Morgan fingerprint density at radius 3 is 2.28 bits per heavy atom. The molecule has 0 bridgehead atoms. The summed E-state index contributed by atoms with van der Waals surface area (Å²) in [6.07, 6.45) is 0.864. The molecular formula is C20H20N4O. The molecule has 126 valence electrons. The van der Waals surface area contributed by atoms with Crippen molar-refractivity contribution < 1.29 is 4.79 Å². The monoisotopic (exact) mass is 332 g/mol. The molecule has 0 radical (unpaired) electrons. The predicted molar refractivity (Wildman–Crippen MR) is 97.4 cm³/mol. The minimum Gasteiger partial charge on any atom is -0.311 e. The van der Waals surface area contributed by atoms with Gasteiger partial charge >= 0.3 is 0 Å². The van der Waals surface area contributed by atoms with Gasteiger partial charge in [0.2, 0.25) is 5.91 Å². The summed E-state index contributed by atoms with van der Waals surface area (Å²) in [5.74, 6) is 0.222. The number of hydrogen-bond acceptors (Lipinski definition) is 3. The maximum atomic E-state index is 13.1. The molecule has 1 aliphatic heterocycles. The quantitative estimate of drug-likeness (QED) is 0.688. The molecule has 2 heterocycles. The topological polar surface area (TPSA) is 69.8 Å². The molecule has 25 heavy (non-hydrogen) atoms. The molecular weight excluding hydrogens is 312 g/mol. The zero-order valence-corrected chi connectivity index (χ0v) is 13.8. The van der Waals surface area contributed by atoms with Gasteiger partial charge in [0.05, 0.1) is 11.6 Å². The van der Waals surface area contributed by atoms with Crippen molar-refractivity contribution in [2.24, 2.45) is 0 Å². The summed E-state index contributed by atoms with van der Waals surface area (Å²) in [5.41, 5.74) is 4.10. The second-order valence-electron chi connectivity index (χ2n) is 6.20. The highest BCUT2D eigenvalue weighted by Crippen LogP contribution is 2.27. The Morgan fingerprint density at radius 1 is 1.00 bits per heavy atom. The number of nitrogens with zero attached hydrogens (tertiary/aromatic N) is 1. The van der Waals surface area contributed by atoms with Crippen LogP contribution in [0.15, 0.2) is 60.7 Å². The molecule has 0 aliphatic carbocycles. The fourth-order valence-electron chi connectivity index (χ4n) is 3.32. The lowest BCUT2D eigenvalue weighted by Gasteiger charge is -2.18. The van der Waals surface area contributed by atoms with Crippen LogP contribution in [-0.4, -0.2) is 22.6 Å². The number of aromatic nitrogens is 2. The van der Waals surface area contributed by atoms with Crippen molar-refractivity contribution in [3.8, 4) is 0 Å². The highest BCUT2D eigenvalue weighted by molar-refractivity contribution is 5.98. The van der Waals surface area contributed by atoms with Crippen LogP contribution in [0, 0.1) is 0 Å². The molecule has 1 amide bonds. The number of hydrogen-bond donors (Lipinski definition) is 3. The standard InChI is InChI=1S/C20H20N4O/c25-20(22-19-16-11-12-21-13-17(16)23-24-19)18(14-7-3-1-4-8-14)15-9-5-2-6-10-15/h1-10,18,21H,11-13H2,(H2,22,23,24,25). The lowest BCUT2D eigenvalue weighted by Crippen LogP contribution is -2.26. The third kappa shape index (κ3) is 3.19. The van der Waals surface area contributed by atoms with Gasteiger partial charge in [-0.3, -0.25) is 9.89 Å². The molecule has 0 atom stereocenters. The highest BCUT2D eigenvalue weighted by Gasteiger charge is 2.25. The van der Waals surface area contributed by atoms with Crippen molar-refractivity contribution >= 4 is 11.7 Å². The molecule has 0 saturated carbocycles. The smallest absolute Gasteiger partial charge is 0.237 e. The first-order valence-electron chi connectivity index (χ1n) is 8.50. The summed E-state index contributed by atoms with van der Waals surface area (Å²) in [6.45, 7) is 1.66. The number of H-pyrrole nitrogens is 1. The summed E-state index contributed by atoms with van der Waals surface area (Å²) in [4.78, 5) is 13.1. The van der Waals surface area contributed by atoms with E-state index < -0.39 is 0 Å². The van der Waals surface area contributed by atoms with Crippen LogP contribution >= 0.6 is 0 Å². The van der Waals surface area contributed by atoms with Crippen LogP contribution in [0.1, 0.15) is 28.3 Å². The lowest BCUT2D eigenvalue weighted by atomic mass is 9.90. The van der Waals surface area contributed by atoms with Gasteiger partial charge in [0.25, 0.3) is 0 Å². The van der Waals surface area contributed by atoms with E-state index in [0.717, 1.165) is 41.9 Å². The second kappa shape index (κ2) is 6.91. The molecule has 3 aromatic rings. The number of aromatic amines is 1. The number of carbonyl (C=O) groups is 1. The Balaban J connectivity index is 1.66. The molecule has 3 N–H and O–H groups in total. The van der Waals surface area contributed by atoms with Crippen LogP contribution in [-0.2, 0) is 17.8 Å². The van der Waals surface area contributed by atoms with Gasteiger partial charge < -0.3 is 10.6 Å². The van der Waals surface area contributed by atoms with E-state index in [1.165, 1.54) is 0 Å². The van der Waals surface area contributed by atoms with E-state index in [2.05, 4.69) is 20.8 Å². The molecule has 0 fully saturated rings. The van der Waals surface area contributed by atoms with Crippen molar-refractivity contribution in [1.82, 2.24) is 15.5 Å². The number of benzene rings is 2. The van der Waals surface area contributed by atoms with E-state index in [-0.39, 0.29) is 11.8 Å². The third-order valence-electron chi connectivity index (χ3n) is 4.58. The van der Waals surface area contributed by atoms with Gasteiger partial charge in [-0.25, -0.2) is 0 Å². The average Bonchev–Trinajstić information content (AvgIpc) is 3.07. The zero-order valence-electron chi connectivity index (χ0n) is 13.8. The summed E-state index contributed by atoms with van der Waals surface area (Å²) in [5, 5.41) is 13.7. The van der Waals surface area contributed by atoms with E-state index in [9.17, 15) is 4.79 Å². The summed E-state index contributed by atoms with van der Waals surface area (Å²) in [7, 11) is 0. The van der Waals surface area contributed by atoms with E-state index in [1.54, 1.807) is 0 Å². The first-order valence-corrected chi connectivity index (χ1v) is 8.50.